The highest BCUT2D eigenvalue weighted by molar-refractivity contribution is 7.16. The van der Waals surface area contributed by atoms with Gasteiger partial charge in [0, 0.05) is 22.6 Å². The molecule has 142 valence electrons. The van der Waals surface area contributed by atoms with Crippen molar-refractivity contribution in [1.82, 2.24) is 14.8 Å². The number of carbonyl (C=O) groups is 1. The first-order chi connectivity index (χ1) is 12.9. The molecule has 2 aromatic heterocycles. The Morgan fingerprint density at radius 1 is 1.26 bits per heavy atom. The largest absolute Gasteiger partial charge is 0.497 e. The Morgan fingerprint density at radius 3 is 2.56 bits per heavy atom. The van der Waals surface area contributed by atoms with Crippen LogP contribution in [0.2, 0.25) is 0 Å². The van der Waals surface area contributed by atoms with Crippen LogP contribution in [-0.2, 0) is 4.79 Å². The maximum atomic E-state index is 12.5. The summed E-state index contributed by atoms with van der Waals surface area (Å²) in [6.07, 6.45) is 0.346. The van der Waals surface area contributed by atoms with Gasteiger partial charge in [0.1, 0.15) is 5.75 Å². The van der Waals surface area contributed by atoms with E-state index in [-0.39, 0.29) is 11.9 Å². The van der Waals surface area contributed by atoms with E-state index in [9.17, 15) is 4.79 Å². The molecule has 0 saturated heterocycles. The number of anilines is 1. The molecule has 6 nitrogen and oxygen atoms in total. The molecule has 0 aliphatic heterocycles. The van der Waals surface area contributed by atoms with Crippen molar-refractivity contribution in [3.63, 3.8) is 0 Å². The molecule has 3 rings (SSSR count). The van der Waals surface area contributed by atoms with Gasteiger partial charge in [-0.05, 0) is 58.0 Å². The van der Waals surface area contributed by atoms with E-state index >= 15 is 0 Å². The molecule has 0 radical (unpaired) electrons. The SMILES string of the molecule is COc1ccc(-c2nc(NC(=O)CC(C)n3nc(C)cc3C)sc2C)cc1. The number of carbonyl (C=O) groups excluding carboxylic acids is 1. The lowest BCUT2D eigenvalue weighted by Crippen LogP contribution is -2.19. The normalized spacial score (nSPS) is 12.0. The minimum Gasteiger partial charge on any atom is -0.497 e. The Kier molecular flexibility index (Phi) is 5.60. The number of thiazole rings is 1. The molecule has 1 N–H and O–H groups in total. The molecule has 0 bridgehead atoms. The number of ether oxygens (including phenoxy) is 1. The van der Waals surface area contributed by atoms with Gasteiger partial charge in [0.25, 0.3) is 0 Å². The monoisotopic (exact) mass is 384 g/mol. The third-order valence-corrected chi connectivity index (χ3v) is 5.24. The van der Waals surface area contributed by atoms with Crippen LogP contribution in [0.15, 0.2) is 30.3 Å². The van der Waals surface area contributed by atoms with Gasteiger partial charge in [0.2, 0.25) is 5.91 Å². The number of nitrogens with one attached hydrogen (secondary N) is 1. The molecule has 3 aromatic rings. The van der Waals surface area contributed by atoms with Crippen molar-refractivity contribution in [1.29, 1.82) is 0 Å². The van der Waals surface area contributed by atoms with E-state index in [0.717, 1.165) is 33.3 Å². The van der Waals surface area contributed by atoms with Crippen LogP contribution >= 0.6 is 11.3 Å². The predicted octanol–water partition coefficient (Wildman–Crippen LogP) is 4.53. The number of benzene rings is 1. The van der Waals surface area contributed by atoms with Crippen molar-refractivity contribution in [3.05, 3.63) is 46.6 Å². The average Bonchev–Trinajstić information content (AvgIpc) is 3.16. The molecule has 0 saturated carbocycles. The summed E-state index contributed by atoms with van der Waals surface area (Å²) < 4.78 is 7.09. The van der Waals surface area contributed by atoms with Gasteiger partial charge in [-0.2, -0.15) is 5.10 Å². The molecule has 0 aliphatic rings. The number of aromatic nitrogens is 3. The predicted molar refractivity (Wildman–Crippen MR) is 108 cm³/mol. The highest BCUT2D eigenvalue weighted by Gasteiger charge is 2.16. The number of amides is 1. The highest BCUT2D eigenvalue weighted by Crippen LogP contribution is 2.31. The zero-order valence-corrected chi connectivity index (χ0v) is 17.1. The Balaban J connectivity index is 1.68. The second-order valence-corrected chi connectivity index (χ2v) is 7.83. The van der Waals surface area contributed by atoms with Crippen LogP contribution in [0.5, 0.6) is 5.75 Å². The summed E-state index contributed by atoms with van der Waals surface area (Å²) in [7, 11) is 1.64. The van der Waals surface area contributed by atoms with Crippen LogP contribution in [0.25, 0.3) is 11.3 Å². The summed E-state index contributed by atoms with van der Waals surface area (Å²) in [5.74, 6) is 0.739. The maximum absolute atomic E-state index is 12.5. The topological polar surface area (TPSA) is 69.0 Å². The fraction of sp³-hybridized carbons (Fsp3) is 0.350. The standard InChI is InChI=1S/C20H24N4O2S/c1-12-10-13(2)24(23-12)14(3)11-18(25)21-20-22-19(15(4)27-20)16-6-8-17(26-5)9-7-16/h6-10,14H,11H2,1-5H3,(H,21,22,25). The van der Waals surface area contributed by atoms with E-state index in [4.69, 9.17) is 4.74 Å². The van der Waals surface area contributed by atoms with Crippen LogP contribution in [0.3, 0.4) is 0 Å². The smallest absolute Gasteiger partial charge is 0.228 e. The molecular formula is C20H24N4O2S. The average molecular weight is 385 g/mol. The molecular weight excluding hydrogens is 360 g/mol. The number of hydrogen-bond donors (Lipinski definition) is 1. The second kappa shape index (κ2) is 7.92. The van der Waals surface area contributed by atoms with E-state index in [1.165, 1.54) is 11.3 Å². The van der Waals surface area contributed by atoms with Crippen LogP contribution < -0.4 is 10.1 Å². The fourth-order valence-corrected chi connectivity index (χ4v) is 3.94. The van der Waals surface area contributed by atoms with Crippen LogP contribution in [0.4, 0.5) is 5.13 Å². The summed E-state index contributed by atoms with van der Waals surface area (Å²) in [5, 5.41) is 8.00. The Labute approximate surface area is 163 Å². The molecule has 0 aliphatic carbocycles. The van der Waals surface area contributed by atoms with Gasteiger partial charge in [-0.1, -0.05) is 0 Å². The molecule has 1 unspecified atom stereocenters. The molecule has 1 aromatic carbocycles. The van der Waals surface area contributed by atoms with Gasteiger partial charge in [0.15, 0.2) is 5.13 Å². The summed E-state index contributed by atoms with van der Waals surface area (Å²) in [5.41, 5.74) is 3.89. The lowest BCUT2D eigenvalue weighted by atomic mass is 10.1. The van der Waals surface area contributed by atoms with E-state index in [1.54, 1.807) is 7.11 Å². The van der Waals surface area contributed by atoms with Crippen LogP contribution in [0.1, 0.15) is 35.7 Å². The van der Waals surface area contributed by atoms with Gasteiger partial charge in [0.05, 0.1) is 24.5 Å². The lowest BCUT2D eigenvalue weighted by molar-refractivity contribution is -0.116. The molecule has 7 heteroatoms. The summed E-state index contributed by atoms with van der Waals surface area (Å²) in [6, 6.07) is 9.75. The van der Waals surface area contributed by atoms with Crippen LogP contribution in [-0.4, -0.2) is 27.8 Å². The fourth-order valence-electron chi connectivity index (χ4n) is 3.08. The second-order valence-electron chi connectivity index (χ2n) is 6.63. The molecule has 2 heterocycles. The summed E-state index contributed by atoms with van der Waals surface area (Å²) in [4.78, 5) is 18.1. The number of aryl methyl sites for hydroxylation is 3. The Morgan fingerprint density at radius 2 is 1.96 bits per heavy atom. The lowest BCUT2D eigenvalue weighted by Gasteiger charge is -2.13. The van der Waals surface area contributed by atoms with Crippen molar-refractivity contribution < 1.29 is 9.53 Å². The molecule has 27 heavy (non-hydrogen) atoms. The van der Waals surface area contributed by atoms with Gasteiger partial charge in [-0.25, -0.2) is 4.98 Å². The number of hydrogen-bond acceptors (Lipinski definition) is 5. The van der Waals surface area contributed by atoms with Gasteiger partial charge in [-0.15, -0.1) is 11.3 Å². The summed E-state index contributed by atoms with van der Waals surface area (Å²) in [6.45, 7) is 7.95. The highest BCUT2D eigenvalue weighted by atomic mass is 32.1. The van der Waals surface area contributed by atoms with Crippen molar-refractivity contribution in [2.45, 2.75) is 40.2 Å². The first-order valence-electron chi connectivity index (χ1n) is 8.82. The van der Waals surface area contributed by atoms with Crippen molar-refractivity contribution in [3.8, 4) is 17.0 Å². The van der Waals surface area contributed by atoms with Gasteiger partial charge < -0.3 is 10.1 Å². The number of methoxy groups -OCH3 is 1. The quantitative estimate of drug-likeness (QED) is 0.678. The van der Waals surface area contributed by atoms with Crippen molar-refractivity contribution >= 4 is 22.4 Å². The summed E-state index contributed by atoms with van der Waals surface area (Å²) >= 11 is 1.48. The first kappa shape index (κ1) is 19.1. The van der Waals surface area contributed by atoms with E-state index < -0.39 is 0 Å². The van der Waals surface area contributed by atoms with E-state index in [2.05, 4.69) is 15.4 Å². The maximum Gasteiger partial charge on any atom is 0.228 e. The van der Waals surface area contributed by atoms with E-state index in [0.29, 0.717) is 11.6 Å². The van der Waals surface area contributed by atoms with Gasteiger partial charge in [-0.3, -0.25) is 9.48 Å². The van der Waals surface area contributed by atoms with Crippen molar-refractivity contribution in [2.24, 2.45) is 0 Å². The van der Waals surface area contributed by atoms with Crippen molar-refractivity contribution in [2.75, 3.05) is 12.4 Å². The third kappa shape index (κ3) is 4.36. The van der Waals surface area contributed by atoms with Gasteiger partial charge >= 0.3 is 0 Å². The number of rotatable bonds is 6. The van der Waals surface area contributed by atoms with Crippen LogP contribution in [0, 0.1) is 20.8 Å². The molecule has 1 amide bonds. The zero-order valence-electron chi connectivity index (χ0n) is 16.2. The Bertz CT molecular complexity index is 944. The Hall–Kier alpha value is -2.67. The molecule has 0 spiro atoms. The molecule has 0 fully saturated rings. The minimum absolute atomic E-state index is 0.0131. The van der Waals surface area contributed by atoms with E-state index in [1.807, 2.05) is 62.7 Å². The minimum atomic E-state index is -0.0647. The zero-order chi connectivity index (χ0) is 19.6. The third-order valence-electron chi connectivity index (χ3n) is 4.35. The first-order valence-corrected chi connectivity index (χ1v) is 9.63. The molecule has 1 atom stereocenters. The number of nitrogens with zero attached hydrogens (tertiary/aromatic N) is 3.